The van der Waals surface area contributed by atoms with Gasteiger partial charge < -0.3 is 4.90 Å². The van der Waals surface area contributed by atoms with Crippen LogP contribution in [0.15, 0.2) is 97.1 Å². The molecule has 0 aromatic heterocycles. The fraction of sp³-hybridized carbons (Fsp3) is 0.0588. The average Bonchev–Trinajstić information content (AvgIpc) is 2.90. The molecule has 0 N–H and O–H groups in total. The Balaban J connectivity index is 1.42. The van der Waals surface area contributed by atoms with Crippen molar-refractivity contribution in [2.75, 3.05) is 19.0 Å². The molecule has 5 aromatic rings. The Morgan fingerprint density at radius 2 is 0.914 bits per heavy atom. The molecular weight excluding hydrogens is 422 g/mol. The van der Waals surface area contributed by atoms with Crippen LogP contribution >= 0.6 is 0 Å². The number of hydrogen-bond acceptors (Lipinski definition) is 1. The zero-order chi connectivity index (χ0) is 24.2. The van der Waals surface area contributed by atoms with E-state index in [1.807, 2.05) is 54.6 Å². The molecule has 35 heavy (non-hydrogen) atoms. The molecule has 0 spiro atoms. The molecule has 0 aliphatic heterocycles. The number of fused-ring (bicyclic) bond motifs is 2. The van der Waals surface area contributed by atoms with Gasteiger partial charge in [-0.1, -0.05) is 78.1 Å². The smallest absolute Gasteiger partial charge is 0.0441 e. The molecule has 5 aromatic carbocycles. The third kappa shape index (κ3) is 4.48. The van der Waals surface area contributed by atoms with Crippen molar-refractivity contribution in [2.45, 2.75) is 0 Å². The number of anilines is 1. The molecule has 0 aliphatic rings. The van der Waals surface area contributed by atoms with Crippen molar-refractivity contribution in [1.29, 1.82) is 0 Å². The van der Waals surface area contributed by atoms with E-state index in [2.05, 4.69) is 91.1 Å². The highest BCUT2D eigenvalue weighted by Crippen LogP contribution is 2.27. The van der Waals surface area contributed by atoms with Crippen LogP contribution in [0.5, 0.6) is 0 Å². The van der Waals surface area contributed by atoms with Gasteiger partial charge in [0, 0.05) is 53.0 Å². The van der Waals surface area contributed by atoms with Crippen LogP contribution in [0, 0.1) is 36.0 Å². The topological polar surface area (TPSA) is 3.24 Å². The summed E-state index contributed by atoms with van der Waals surface area (Å²) in [6.07, 6.45) is 5.65. The van der Waals surface area contributed by atoms with Gasteiger partial charge in [-0.25, -0.2) is 0 Å². The molecule has 0 saturated carbocycles. The summed E-state index contributed by atoms with van der Waals surface area (Å²) in [5.74, 6) is 16.0. The van der Waals surface area contributed by atoms with E-state index < -0.39 is 0 Å². The first-order valence-electron chi connectivity index (χ1n) is 11.5. The minimum Gasteiger partial charge on any atom is -0.377 e. The van der Waals surface area contributed by atoms with Crippen LogP contribution < -0.4 is 4.90 Å². The molecule has 0 aliphatic carbocycles. The van der Waals surface area contributed by atoms with E-state index in [9.17, 15) is 0 Å². The van der Waals surface area contributed by atoms with Crippen molar-refractivity contribution in [3.05, 3.63) is 125 Å². The van der Waals surface area contributed by atoms with Crippen molar-refractivity contribution in [2.24, 2.45) is 0 Å². The van der Waals surface area contributed by atoms with Crippen LogP contribution in [-0.2, 0) is 0 Å². The molecule has 0 amide bonds. The highest BCUT2D eigenvalue weighted by Gasteiger charge is 2.05. The van der Waals surface area contributed by atoms with Crippen LogP contribution in [0.2, 0.25) is 0 Å². The van der Waals surface area contributed by atoms with E-state index in [0.717, 1.165) is 44.0 Å². The monoisotopic (exact) mass is 445 g/mol. The van der Waals surface area contributed by atoms with E-state index in [4.69, 9.17) is 6.42 Å². The number of benzene rings is 5. The minimum atomic E-state index is 0.887. The van der Waals surface area contributed by atoms with Crippen LogP contribution in [-0.4, -0.2) is 14.1 Å². The predicted octanol–water partition coefficient (Wildman–Crippen LogP) is 6.84. The Morgan fingerprint density at radius 1 is 0.486 bits per heavy atom. The largest absolute Gasteiger partial charge is 0.377 e. The summed E-state index contributed by atoms with van der Waals surface area (Å²) >= 11 is 0. The second kappa shape index (κ2) is 9.53. The molecule has 0 heterocycles. The van der Waals surface area contributed by atoms with Gasteiger partial charge in [0.15, 0.2) is 0 Å². The highest BCUT2D eigenvalue weighted by molar-refractivity contribution is 5.97. The van der Waals surface area contributed by atoms with E-state index in [-0.39, 0.29) is 0 Å². The van der Waals surface area contributed by atoms with Crippen molar-refractivity contribution in [3.8, 4) is 36.0 Å². The molecule has 5 rings (SSSR count). The Kier molecular flexibility index (Phi) is 5.97. The maximum atomic E-state index is 5.65. The molecule has 0 saturated heterocycles. The van der Waals surface area contributed by atoms with Gasteiger partial charge in [0.05, 0.1) is 0 Å². The van der Waals surface area contributed by atoms with Gasteiger partial charge in [0.2, 0.25) is 0 Å². The van der Waals surface area contributed by atoms with Gasteiger partial charge in [-0.05, 0) is 64.7 Å². The predicted molar refractivity (Wildman–Crippen MR) is 149 cm³/mol. The van der Waals surface area contributed by atoms with Gasteiger partial charge >= 0.3 is 0 Å². The minimum absolute atomic E-state index is 0.887. The number of terminal acetylenes is 1. The zero-order valence-corrected chi connectivity index (χ0v) is 19.8. The lowest BCUT2D eigenvalue weighted by Crippen LogP contribution is -2.08. The molecule has 164 valence electrons. The van der Waals surface area contributed by atoms with E-state index >= 15 is 0 Å². The molecule has 0 fully saturated rings. The molecule has 0 bridgehead atoms. The molecule has 0 unspecified atom stereocenters. The summed E-state index contributed by atoms with van der Waals surface area (Å²) in [4.78, 5) is 2.13. The second-order valence-corrected chi connectivity index (χ2v) is 8.50. The van der Waals surface area contributed by atoms with Crippen molar-refractivity contribution in [3.63, 3.8) is 0 Å². The first kappa shape index (κ1) is 21.9. The van der Waals surface area contributed by atoms with Crippen LogP contribution in [0.3, 0.4) is 0 Å². The van der Waals surface area contributed by atoms with E-state index in [1.165, 1.54) is 11.1 Å². The first-order valence-corrected chi connectivity index (χ1v) is 11.5. The van der Waals surface area contributed by atoms with E-state index in [1.54, 1.807) is 0 Å². The van der Waals surface area contributed by atoms with Crippen LogP contribution in [0.4, 0.5) is 5.69 Å². The molecule has 1 heteroatoms. The third-order valence-corrected chi connectivity index (χ3v) is 6.03. The third-order valence-electron chi connectivity index (χ3n) is 6.03. The summed E-state index contributed by atoms with van der Waals surface area (Å²) in [6, 6.07) is 32.8. The van der Waals surface area contributed by atoms with Crippen molar-refractivity contribution < 1.29 is 0 Å². The molecule has 1 nitrogen and oxygen atoms in total. The number of hydrogen-bond donors (Lipinski definition) is 0. The normalized spacial score (nSPS) is 10.1. The Morgan fingerprint density at radius 3 is 1.43 bits per heavy atom. The maximum Gasteiger partial charge on any atom is 0.0441 e. The van der Waals surface area contributed by atoms with Gasteiger partial charge in [0.1, 0.15) is 0 Å². The lowest BCUT2D eigenvalue weighted by atomic mass is 10.0. The molecule has 0 atom stereocenters. The summed E-state index contributed by atoms with van der Waals surface area (Å²) in [6.45, 7) is 0. The molecular formula is C34H23N. The standard InChI is InChI=1S/C34H23N/c1-4-27-9-5-13-31-28(10-6-12-30(27)31)23-21-25-17-19-26(20-18-25)22-24-29-11-7-15-33-32(29)14-8-16-34(33)35(2)3/h1,5-20H,2-3H3. The van der Waals surface area contributed by atoms with Gasteiger partial charge in [-0.15, -0.1) is 6.42 Å². The SMILES string of the molecule is C#Cc1cccc2c(C#Cc3ccc(C#Cc4cccc5c(N(C)C)cccc45)cc3)cccc12. The summed E-state index contributed by atoms with van der Waals surface area (Å²) in [5, 5.41) is 4.50. The van der Waals surface area contributed by atoms with Crippen LogP contribution in [0.1, 0.15) is 27.8 Å². The number of nitrogens with zero attached hydrogens (tertiary/aromatic N) is 1. The zero-order valence-electron chi connectivity index (χ0n) is 19.8. The Hall–Kier alpha value is -4.90. The Bertz CT molecular complexity index is 1720. The molecule has 0 radical (unpaired) electrons. The highest BCUT2D eigenvalue weighted by atomic mass is 15.1. The summed E-state index contributed by atoms with van der Waals surface area (Å²) in [7, 11) is 4.12. The van der Waals surface area contributed by atoms with Gasteiger partial charge in [0.25, 0.3) is 0 Å². The fourth-order valence-corrected chi connectivity index (χ4v) is 4.25. The number of rotatable bonds is 1. The van der Waals surface area contributed by atoms with Gasteiger partial charge in [-0.2, -0.15) is 0 Å². The Labute approximate surface area is 207 Å². The lowest BCUT2D eigenvalue weighted by molar-refractivity contribution is 1.14. The summed E-state index contributed by atoms with van der Waals surface area (Å²) < 4.78 is 0. The van der Waals surface area contributed by atoms with E-state index in [0.29, 0.717) is 0 Å². The summed E-state index contributed by atoms with van der Waals surface area (Å²) in [5.41, 5.74) is 5.98. The maximum absolute atomic E-state index is 5.65. The quantitative estimate of drug-likeness (QED) is 0.255. The van der Waals surface area contributed by atoms with Crippen molar-refractivity contribution in [1.82, 2.24) is 0 Å². The fourth-order valence-electron chi connectivity index (χ4n) is 4.25. The second-order valence-electron chi connectivity index (χ2n) is 8.50. The van der Waals surface area contributed by atoms with Crippen LogP contribution in [0.25, 0.3) is 21.5 Å². The first-order chi connectivity index (χ1) is 17.1. The van der Waals surface area contributed by atoms with Gasteiger partial charge in [-0.3, -0.25) is 0 Å². The average molecular weight is 446 g/mol. The van der Waals surface area contributed by atoms with Crippen molar-refractivity contribution >= 4 is 27.2 Å². The lowest BCUT2D eigenvalue weighted by Gasteiger charge is -2.15.